The number of hydrogen-bond donors (Lipinski definition) is 2. The normalized spacial score (nSPS) is 15.2. The fourth-order valence-electron chi connectivity index (χ4n) is 4.58. The van der Waals surface area contributed by atoms with E-state index in [0.29, 0.717) is 18.5 Å². The van der Waals surface area contributed by atoms with Crippen LogP contribution in [0.1, 0.15) is 42.5 Å². The Bertz CT molecular complexity index is 1470. The topological polar surface area (TPSA) is 81.5 Å². The molecule has 0 fully saturated rings. The molecular formula is C29H32N2O4S+2. The van der Waals surface area contributed by atoms with Gasteiger partial charge in [-0.2, -0.15) is 13.0 Å². The summed E-state index contributed by atoms with van der Waals surface area (Å²) in [5.74, 6) is -0.0749. The van der Waals surface area contributed by atoms with Crippen molar-refractivity contribution in [2.45, 2.75) is 25.7 Å². The summed E-state index contributed by atoms with van der Waals surface area (Å²) in [6.07, 6.45) is 12.2. The van der Waals surface area contributed by atoms with Gasteiger partial charge in [-0.05, 0) is 43.2 Å². The molecule has 0 spiro atoms. The maximum Gasteiger partial charge on any atom is 0.265 e. The number of nitrogens with zero attached hydrogens (tertiary/aromatic N) is 2. The van der Waals surface area contributed by atoms with E-state index in [1.54, 1.807) is 6.07 Å². The molecule has 7 heteroatoms. The van der Waals surface area contributed by atoms with Crippen molar-refractivity contribution in [1.29, 1.82) is 0 Å². The van der Waals surface area contributed by atoms with Crippen LogP contribution in [0, 0.1) is 0 Å². The van der Waals surface area contributed by atoms with E-state index in [0.717, 1.165) is 22.5 Å². The van der Waals surface area contributed by atoms with Gasteiger partial charge < -0.3 is 5.11 Å². The molecule has 2 N–H and O–H groups in total. The van der Waals surface area contributed by atoms with Crippen LogP contribution in [-0.4, -0.2) is 40.7 Å². The first-order valence-electron chi connectivity index (χ1n) is 11.9. The van der Waals surface area contributed by atoms with Crippen LogP contribution in [0.15, 0.2) is 73.1 Å². The maximum atomic E-state index is 11.3. The summed E-state index contributed by atoms with van der Waals surface area (Å²) in [6.45, 7) is 4.77. The second-order valence-electron chi connectivity index (χ2n) is 9.60. The number of aromatic nitrogens is 1. The summed E-state index contributed by atoms with van der Waals surface area (Å²) in [4.78, 5) is 0. The Kier molecular flexibility index (Phi) is 7.24. The second-order valence-corrected chi connectivity index (χ2v) is 11.2. The summed E-state index contributed by atoms with van der Waals surface area (Å²) in [5, 5.41) is 10.4. The SMILES string of the molecule is C[n+]1ccc(C=Cc2cc(C=CC3=[N+](CCCS(=O)(=O)O)c4ccccc4C3(C)C)ccc2O)cc1. The van der Waals surface area contributed by atoms with Crippen molar-refractivity contribution in [3.63, 3.8) is 0 Å². The van der Waals surface area contributed by atoms with Gasteiger partial charge in [0.25, 0.3) is 10.1 Å². The highest BCUT2D eigenvalue weighted by molar-refractivity contribution is 7.85. The molecule has 1 aliphatic rings. The molecule has 1 aliphatic heterocycles. The monoisotopic (exact) mass is 504 g/mol. The lowest BCUT2D eigenvalue weighted by Crippen LogP contribution is -2.28. The van der Waals surface area contributed by atoms with Gasteiger partial charge in [-0.15, -0.1) is 0 Å². The van der Waals surface area contributed by atoms with Crippen molar-refractivity contribution in [2.75, 3.05) is 12.3 Å². The smallest absolute Gasteiger partial charge is 0.265 e. The van der Waals surface area contributed by atoms with Crippen LogP contribution in [0.5, 0.6) is 5.75 Å². The molecule has 0 unspecified atom stereocenters. The number of hydrogen-bond acceptors (Lipinski definition) is 3. The van der Waals surface area contributed by atoms with Crippen molar-refractivity contribution < 1.29 is 27.2 Å². The van der Waals surface area contributed by atoms with Crippen LogP contribution < -0.4 is 4.57 Å². The molecule has 3 aromatic rings. The predicted molar refractivity (Wildman–Crippen MR) is 144 cm³/mol. The van der Waals surface area contributed by atoms with Gasteiger partial charge in [0.05, 0.1) is 11.2 Å². The molecule has 186 valence electrons. The van der Waals surface area contributed by atoms with Crippen molar-refractivity contribution >= 4 is 39.7 Å². The van der Waals surface area contributed by atoms with E-state index >= 15 is 0 Å². The molecule has 2 heterocycles. The number of para-hydroxylation sites is 1. The predicted octanol–water partition coefficient (Wildman–Crippen LogP) is 4.75. The number of allylic oxidation sites excluding steroid dienone is 1. The number of fused-ring (bicyclic) bond motifs is 1. The Labute approximate surface area is 212 Å². The minimum Gasteiger partial charge on any atom is -0.507 e. The molecule has 0 atom stereocenters. The zero-order chi connectivity index (χ0) is 25.9. The standard InChI is InChI=1S/C29H30N2O4S/c1-29(2)25-7-4-5-8-26(25)31(17-6-20-36(33,34)35)28(29)14-11-23-10-13-27(32)24(21-23)12-9-22-15-18-30(3)19-16-22/h4-5,7-16,18-19,21H,6,17,20H2,1-3H3/p+2. The Morgan fingerprint density at radius 1 is 0.917 bits per heavy atom. The number of phenols is 1. The van der Waals surface area contributed by atoms with Crippen molar-refractivity contribution in [3.05, 3.63) is 95.3 Å². The van der Waals surface area contributed by atoms with E-state index in [4.69, 9.17) is 0 Å². The van der Waals surface area contributed by atoms with Crippen LogP contribution in [-0.2, 0) is 22.6 Å². The van der Waals surface area contributed by atoms with Crippen molar-refractivity contribution in [1.82, 2.24) is 0 Å². The molecule has 1 aromatic heterocycles. The lowest BCUT2D eigenvalue weighted by Gasteiger charge is -2.15. The first kappa shape index (κ1) is 25.5. The Morgan fingerprint density at radius 2 is 1.61 bits per heavy atom. The Hall–Kier alpha value is -3.55. The summed E-state index contributed by atoms with van der Waals surface area (Å²) in [7, 11) is -2.05. The van der Waals surface area contributed by atoms with E-state index < -0.39 is 10.1 Å². The molecule has 0 radical (unpaired) electrons. The summed E-state index contributed by atoms with van der Waals surface area (Å²) >= 11 is 0. The highest BCUT2D eigenvalue weighted by atomic mass is 32.2. The lowest BCUT2D eigenvalue weighted by molar-refractivity contribution is -0.671. The van der Waals surface area contributed by atoms with Crippen LogP contribution in [0.2, 0.25) is 0 Å². The summed E-state index contributed by atoms with van der Waals surface area (Å²) in [5.41, 5.74) is 5.66. The van der Waals surface area contributed by atoms with Gasteiger partial charge >= 0.3 is 0 Å². The maximum absolute atomic E-state index is 11.3. The van der Waals surface area contributed by atoms with Gasteiger partial charge in [0.1, 0.15) is 19.3 Å². The fraction of sp³-hybridized carbons (Fsp3) is 0.241. The number of aryl methyl sites for hydroxylation is 1. The van der Waals surface area contributed by atoms with Gasteiger partial charge in [0.2, 0.25) is 5.69 Å². The number of pyridine rings is 1. The molecular weight excluding hydrogens is 472 g/mol. The molecule has 0 aliphatic carbocycles. The molecule has 36 heavy (non-hydrogen) atoms. The van der Waals surface area contributed by atoms with Crippen LogP contribution >= 0.6 is 0 Å². The van der Waals surface area contributed by atoms with Crippen LogP contribution in [0.3, 0.4) is 0 Å². The summed E-state index contributed by atoms with van der Waals surface area (Å²) < 4.78 is 35.8. The van der Waals surface area contributed by atoms with E-state index in [1.165, 1.54) is 5.56 Å². The molecule has 4 rings (SSSR count). The third-order valence-corrected chi connectivity index (χ3v) is 7.33. The van der Waals surface area contributed by atoms with E-state index in [1.807, 2.05) is 84.7 Å². The quantitative estimate of drug-likeness (QED) is 0.343. The number of aromatic hydroxyl groups is 1. The van der Waals surface area contributed by atoms with Crippen LogP contribution in [0.25, 0.3) is 18.2 Å². The first-order chi connectivity index (χ1) is 17.0. The second kappa shape index (κ2) is 10.2. The Balaban J connectivity index is 1.65. The third-order valence-electron chi connectivity index (χ3n) is 6.53. The fourth-order valence-corrected chi connectivity index (χ4v) is 5.08. The average molecular weight is 505 g/mol. The summed E-state index contributed by atoms with van der Waals surface area (Å²) in [6, 6.07) is 17.6. The molecule has 0 saturated carbocycles. The zero-order valence-electron chi connectivity index (χ0n) is 20.8. The van der Waals surface area contributed by atoms with Gasteiger partial charge in [-0.1, -0.05) is 36.4 Å². The minimum atomic E-state index is -4.02. The minimum absolute atomic E-state index is 0.206. The molecule has 0 amide bonds. The van der Waals surface area contributed by atoms with E-state index in [-0.39, 0.29) is 16.9 Å². The Morgan fingerprint density at radius 3 is 2.33 bits per heavy atom. The molecule has 2 aromatic carbocycles. The third kappa shape index (κ3) is 5.80. The van der Waals surface area contributed by atoms with E-state index in [9.17, 15) is 18.1 Å². The average Bonchev–Trinajstić information content (AvgIpc) is 3.04. The number of rotatable bonds is 8. The van der Waals surface area contributed by atoms with E-state index in [2.05, 4.69) is 30.6 Å². The first-order valence-corrected chi connectivity index (χ1v) is 13.5. The van der Waals surface area contributed by atoms with Gasteiger partial charge in [-0.3, -0.25) is 4.55 Å². The largest absolute Gasteiger partial charge is 0.507 e. The van der Waals surface area contributed by atoms with Crippen molar-refractivity contribution in [2.24, 2.45) is 7.05 Å². The van der Waals surface area contributed by atoms with Crippen LogP contribution in [0.4, 0.5) is 5.69 Å². The number of benzene rings is 2. The van der Waals surface area contributed by atoms with Crippen molar-refractivity contribution in [3.8, 4) is 5.75 Å². The highest BCUT2D eigenvalue weighted by Crippen LogP contribution is 2.40. The molecule has 6 nitrogen and oxygen atoms in total. The van der Waals surface area contributed by atoms with Gasteiger partial charge in [0, 0.05) is 41.8 Å². The molecule has 0 bridgehead atoms. The molecule has 0 saturated heterocycles. The van der Waals surface area contributed by atoms with Gasteiger partial charge in [-0.25, -0.2) is 4.57 Å². The lowest BCUT2D eigenvalue weighted by atomic mass is 9.81. The number of phenolic OH excluding ortho intramolecular Hbond substituents is 1. The zero-order valence-corrected chi connectivity index (χ0v) is 21.6. The van der Waals surface area contributed by atoms with Gasteiger partial charge in [0.15, 0.2) is 18.1 Å². The highest BCUT2D eigenvalue weighted by Gasteiger charge is 2.43.